The van der Waals surface area contributed by atoms with E-state index < -0.39 is 6.10 Å². The highest BCUT2D eigenvalue weighted by Crippen LogP contribution is 2.25. The first-order valence-electron chi connectivity index (χ1n) is 5.30. The van der Waals surface area contributed by atoms with E-state index >= 15 is 0 Å². The number of rotatable bonds is 6. The van der Waals surface area contributed by atoms with Gasteiger partial charge < -0.3 is 20.3 Å². The Bertz CT molecular complexity index is 328. The molecular formula is C12H19NO3. The van der Waals surface area contributed by atoms with Crippen LogP contribution in [0.1, 0.15) is 12.0 Å². The summed E-state index contributed by atoms with van der Waals surface area (Å²) in [4.78, 5) is 0. The van der Waals surface area contributed by atoms with Crippen LogP contribution in [0.5, 0.6) is 11.5 Å². The maximum atomic E-state index is 9.41. The van der Waals surface area contributed by atoms with Crippen molar-refractivity contribution in [2.45, 2.75) is 18.9 Å². The Morgan fingerprint density at radius 2 is 2.06 bits per heavy atom. The molecule has 1 unspecified atom stereocenters. The summed E-state index contributed by atoms with van der Waals surface area (Å²) < 4.78 is 10.4. The lowest BCUT2D eigenvalue weighted by Crippen LogP contribution is -2.20. The third kappa shape index (κ3) is 3.40. The molecule has 1 aromatic carbocycles. The topological polar surface area (TPSA) is 64.7 Å². The number of benzene rings is 1. The molecule has 0 saturated heterocycles. The van der Waals surface area contributed by atoms with E-state index in [1.807, 2.05) is 18.2 Å². The van der Waals surface area contributed by atoms with Gasteiger partial charge in [0.25, 0.3) is 0 Å². The number of methoxy groups -OCH3 is 2. The SMILES string of the molecule is COc1ccc(OC)c(CCC(O)CN)c1. The summed E-state index contributed by atoms with van der Waals surface area (Å²) in [5.41, 5.74) is 6.38. The van der Waals surface area contributed by atoms with Crippen LogP contribution in [0.2, 0.25) is 0 Å². The largest absolute Gasteiger partial charge is 0.497 e. The van der Waals surface area contributed by atoms with Gasteiger partial charge in [-0.3, -0.25) is 0 Å². The number of aliphatic hydroxyl groups is 1. The molecule has 4 heteroatoms. The Labute approximate surface area is 96.0 Å². The smallest absolute Gasteiger partial charge is 0.122 e. The molecule has 0 spiro atoms. The molecule has 0 radical (unpaired) electrons. The number of aliphatic hydroxyl groups excluding tert-OH is 1. The van der Waals surface area contributed by atoms with Crippen LogP contribution in [0.25, 0.3) is 0 Å². The monoisotopic (exact) mass is 225 g/mol. The lowest BCUT2D eigenvalue weighted by atomic mass is 10.1. The summed E-state index contributed by atoms with van der Waals surface area (Å²) in [7, 11) is 3.25. The quantitative estimate of drug-likeness (QED) is 0.756. The molecule has 0 aliphatic carbocycles. The molecule has 1 rings (SSSR count). The highest BCUT2D eigenvalue weighted by molar-refractivity contribution is 5.40. The van der Waals surface area contributed by atoms with Crippen LogP contribution >= 0.6 is 0 Å². The Kier molecular flexibility index (Phi) is 5.08. The molecule has 16 heavy (non-hydrogen) atoms. The van der Waals surface area contributed by atoms with E-state index in [4.69, 9.17) is 15.2 Å². The minimum Gasteiger partial charge on any atom is -0.497 e. The Morgan fingerprint density at radius 1 is 1.31 bits per heavy atom. The van der Waals surface area contributed by atoms with E-state index in [-0.39, 0.29) is 6.54 Å². The van der Waals surface area contributed by atoms with Crippen molar-refractivity contribution in [2.75, 3.05) is 20.8 Å². The van der Waals surface area contributed by atoms with Crippen molar-refractivity contribution in [3.63, 3.8) is 0 Å². The zero-order chi connectivity index (χ0) is 12.0. The molecule has 0 aromatic heterocycles. The summed E-state index contributed by atoms with van der Waals surface area (Å²) in [6.07, 6.45) is 0.884. The van der Waals surface area contributed by atoms with Gasteiger partial charge in [0.1, 0.15) is 11.5 Å². The molecule has 1 aromatic rings. The molecule has 0 amide bonds. The number of aryl methyl sites for hydroxylation is 1. The highest BCUT2D eigenvalue weighted by Gasteiger charge is 2.07. The molecule has 1 atom stereocenters. The Morgan fingerprint density at radius 3 is 2.62 bits per heavy atom. The number of hydrogen-bond donors (Lipinski definition) is 2. The van der Waals surface area contributed by atoms with Crippen molar-refractivity contribution in [1.82, 2.24) is 0 Å². The molecule has 0 heterocycles. The van der Waals surface area contributed by atoms with Crippen LogP contribution < -0.4 is 15.2 Å². The maximum Gasteiger partial charge on any atom is 0.122 e. The Balaban J connectivity index is 2.75. The van der Waals surface area contributed by atoms with Crippen molar-refractivity contribution in [1.29, 1.82) is 0 Å². The second-order valence-electron chi connectivity index (χ2n) is 3.61. The van der Waals surface area contributed by atoms with Crippen LogP contribution in [-0.4, -0.2) is 32.0 Å². The molecule has 0 fully saturated rings. The van der Waals surface area contributed by atoms with Gasteiger partial charge in [0, 0.05) is 6.54 Å². The molecule has 0 aliphatic rings. The highest BCUT2D eigenvalue weighted by atomic mass is 16.5. The lowest BCUT2D eigenvalue weighted by Gasteiger charge is -2.12. The summed E-state index contributed by atoms with van der Waals surface area (Å²) in [5, 5.41) is 9.41. The van der Waals surface area contributed by atoms with Gasteiger partial charge in [0.05, 0.1) is 20.3 Å². The van der Waals surface area contributed by atoms with E-state index in [1.165, 1.54) is 0 Å². The van der Waals surface area contributed by atoms with Crippen LogP contribution in [-0.2, 0) is 6.42 Å². The molecule has 90 valence electrons. The van der Waals surface area contributed by atoms with Gasteiger partial charge in [0.2, 0.25) is 0 Å². The lowest BCUT2D eigenvalue weighted by molar-refractivity contribution is 0.173. The van der Waals surface area contributed by atoms with Crippen molar-refractivity contribution in [3.05, 3.63) is 23.8 Å². The zero-order valence-corrected chi connectivity index (χ0v) is 9.77. The maximum absolute atomic E-state index is 9.41. The van der Waals surface area contributed by atoms with Gasteiger partial charge >= 0.3 is 0 Å². The fourth-order valence-corrected chi connectivity index (χ4v) is 1.52. The van der Waals surface area contributed by atoms with Gasteiger partial charge in [-0.05, 0) is 36.6 Å². The summed E-state index contributed by atoms with van der Waals surface area (Å²) in [6.45, 7) is 0.284. The first-order valence-corrected chi connectivity index (χ1v) is 5.30. The van der Waals surface area contributed by atoms with E-state index in [1.54, 1.807) is 14.2 Å². The average Bonchev–Trinajstić information content (AvgIpc) is 2.35. The fraction of sp³-hybridized carbons (Fsp3) is 0.500. The minimum absolute atomic E-state index is 0.284. The van der Waals surface area contributed by atoms with E-state index in [0.29, 0.717) is 6.42 Å². The molecule has 0 bridgehead atoms. The van der Waals surface area contributed by atoms with Crippen LogP contribution in [0.4, 0.5) is 0 Å². The van der Waals surface area contributed by atoms with Gasteiger partial charge in [0.15, 0.2) is 0 Å². The Hall–Kier alpha value is -1.26. The van der Waals surface area contributed by atoms with E-state index in [9.17, 15) is 5.11 Å². The number of ether oxygens (including phenoxy) is 2. The predicted octanol–water partition coefficient (Wildman–Crippen LogP) is 0.956. The second-order valence-corrected chi connectivity index (χ2v) is 3.61. The fourth-order valence-electron chi connectivity index (χ4n) is 1.52. The van der Waals surface area contributed by atoms with Gasteiger partial charge in [-0.1, -0.05) is 0 Å². The van der Waals surface area contributed by atoms with Crippen molar-refractivity contribution < 1.29 is 14.6 Å². The average molecular weight is 225 g/mol. The van der Waals surface area contributed by atoms with Crippen molar-refractivity contribution >= 4 is 0 Å². The van der Waals surface area contributed by atoms with E-state index in [0.717, 1.165) is 23.5 Å². The summed E-state index contributed by atoms with van der Waals surface area (Å²) in [5.74, 6) is 1.60. The summed E-state index contributed by atoms with van der Waals surface area (Å²) >= 11 is 0. The third-order valence-corrected chi connectivity index (χ3v) is 2.51. The molecule has 4 nitrogen and oxygen atoms in total. The second kappa shape index (κ2) is 6.35. The van der Waals surface area contributed by atoms with Gasteiger partial charge in [-0.2, -0.15) is 0 Å². The molecule has 0 aliphatic heterocycles. The zero-order valence-electron chi connectivity index (χ0n) is 9.77. The normalized spacial score (nSPS) is 12.2. The third-order valence-electron chi connectivity index (χ3n) is 2.51. The van der Waals surface area contributed by atoms with Crippen LogP contribution in [0, 0.1) is 0 Å². The number of hydrogen-bond acceptors (Lipinski definition) is 4. The molecule has 3 N–H and O–H groups in total. The standard InChI is InChI=1S/C12H19NO3/c1-15-11-5-6-12(16-2)9(7-11)3-4-10(14)8-13/h5-7,10,14H,3-4,8,13H2,1-2H3. The van der Waals surface area contributed by atoms with Crippen LogP contribution in [0.3, 0.4) is 0 Å². The minimum atomic E-state index is -0.462. The van der Waals surface area contributed by atoms with E-state index in [2.05, 4.69) is 0 Å². The van der Waals surface area contributed by atoms with Crippen molar-refractivity contribution in [3.8, 4) is 11.5 Å². The van der Waals surface area contributed by atoms with Gasteiger partial charge in [-0.25, -0.2) is 0 Å². The number of nitrogens with two attached hydrogens (primary N) is 1. The van der Waals surface area contributed by atoms with Crippen molar-refractivity contribution in [2.24, 2.45) is 5.73 Å². The first-order chi connectivity index (χ1) is 7.71. The molecule has 0 saturated carbocycles. The van der Waals surface area contributed by atoms with Crippen LogP contribution in [0.15, 0.2) is 18.2 Å². The summed E-state index contributed by atoms with van der Waals surface area (Å²) in [6, 6.07) is 5.63. The first kappa shape index (κ1) is 12.8. The predicted molar refractivity (Wildman–Crippen MR) is 62.9 cm³/mol. The van der Waals surface area contributed by atoms with Gasteiger partial charge in [-0.15, -0.1) is 0 Å². The molecular weight excluding hydrogens is 206 g/mol.